The van der Waals surface area contributed by atoms with Gasteiger partial charge in [0.1, 0.15) is 5.41 Å². The molecule has 1 aliphatic heterocycles. The van der Waals surface area contributed by atoms with Gasteiger partial charge in [0.05, 0.1) is 0 Å². The molecule has 1 N–H and O–H groups in total. The summed E-state index contributed by atoms with van der Waals surface area (Å²) in [6, 6.07) is 6.86. The van der Waals surface area contributed by atoms with Gasteiger partial charge in [-0.25, -0.2) is 0 Å². The number of rotatable bonds is 4. The predicted octanol–water partition coefficient (Wildman–Crippen LogP) is 3.01. The Morgan fingerprint density at radius 1 is 1.04 bits per heavy atom. The molecule has 1 saturated carbocycles. The van der Waals surface area contributed by atoms with E-state index >= 15 is 0 Å². The van der Waals surface area contributed by atoms with Crippen LogP contribution < -0.4 is 5.32 Å². The molecule has 0 bridgehead atoms. The highest BCUT2D eigenvalue weighted by atomic mass is 16.2. The van der Waals surface area contributed by atoms with Gasteiger partial charge in [-0.05, 0) is 44.7 Å². The molecule has 5 nitrogen and oxygen atoms in total. The Labute approximate surface area is 142 Å². The first-order chi connectivity index (χ1) is 11.5. The molecule has 128 valence electrons. The van der Waals surface area contributed by atoms with Crippen LogP contribution in [0.2, 0.25) is 0 Å². The van der Waals surface area contributed by atoms with Crippen LogP contribution in [0.15, 0.2) is 24.3 Å². The van der Waals surface area contributed by atoms with E-state index in [4.69, 9.17) is 0 Å². The Hall–Kier alpha value is -2.17. The zero-order chi connectivity index (χ0) is 17.2. The van der Waals surface area contributed by atoms with Gasteiger partial charge in [-0.15, -0.1) is 0 Å². The zero-order valence-electron chi connectivity index (χ0n) is 14.1. The molecule has 0 unspecified atom stereocenters. The number of benzene rings is 1. The highest BCUT2D eigenvalue weighted by Crippen LogP contribution is 2.48. The molecule has 5 heteroatoms. The lowest BCUT2D eigenvalue weighted by molar-refractivity contribution is -0.142. The molecular weight excluding hydrogens is 304 g/mol. The van der Waals surface area contributed by atoms with E-state index in [1.807, 2.05) is 4.90 Å². The second kappa shape index (κ2) is 6.75. The van der Waals surface area contributed by atoms with Crippen molar-refractivity contribution in [3.8, 4) is 0 Å². The number of likely N-dealkylation sites (tertiary alicyclic amines) is 1. The number of carbonyl (C=O) groups excluding carboxylic acids is 3. The van der Waals surface area contributed by atoms with E-state index in [9.17, 15) is 14.4 Å². The molecule has 2 aliphatic rings. The number of Topliss-reactive ketones (excluding diaryl/α,β-unsaturated/α-hetero) is 1. The largest absolute Gasteiger partial charge is 0.342 e. The second-order valence-corrected chi connectivity index (χ2v) is 6.88. The van der Waals surface area contributed by atoms with Crippen molar-refractivity contribution in [2.24, 2.45) is 5.41 Å². The molecular formula is C19H24N2O3. The van der Waals surface area contributed by atoms with Crippen LogP contribution >= 0.6 is 0 Å². The molecule has 0 atom stereocenters. The second-order valence-electron chi connectivity index (χ2n) is 6.88. The van der Waals surface area contributed by atoms with E-state index in [-0.39, 0.29) is 17.6 Å². The smallest absolute Gasteiger partial charge is 0.240 e. The van der Waals surface area contributed by atoms with E-state index in [0.29, 0.717) is 24.1 Å². The highest BCUT2D eigenvalue weighted by molar-refractivity contribution is 6.13. The maximum Gasteiger partial charge on any atom is 0.240 e. The van der Waals surface area contributed by atoms with Crippen molar-refractivity contribution < 1.29 is 14.4 Å². The minimum absolute atomic E-state index is 0.0235. The van der Waals surface area contributed by atoms with Crippen molar-refractivity contribution in [3.63, 3.8) is 0 Å². The van der Waals surface area contributed by atoms with Crippen LogP contribution in [-0.2, 0) is 9.59 Å². The molecule has 2 fully saturated rings. The quantitative estimate of drug-likeness (QED) is 0.682. The molecule has 1 aliphatic carbocycles. The fourth-order valence-corrected chi connectivity index (χ4v) is 3.31. The summed E-state index contributed by atoms with van der Waals surface area (Å²) in [6.45, 7) is 3.01. The maximum absolute atomic E-state index is 12.9. The Kier molecular flexibility index (Phi) is 4.69. The normalized spacial score (nSPS) is 19.3. The summed E-state index contributed by atoms with van der Waals surface area (Å²) in [6.07, 6.45) is 5.57. The van der Waals surface area contributed by atoms with Crippen molar-refractivity contribution in [2.45, 2.75) is 45.4 Å². The standard InChI is InChI=1S/C19H24N2O3/c1-14(22)15-7-6-8-16(13-15)20-17(23)19(9-10-19)18(24)21-11-4-2-3-5-12-21/h6-8,13H,2-5,9-12H2,1H3,(H,20,23). The number of hydrogen-bond donors (Lipinski definition) is 1. The first kappa shape index (κ1) is 16.7. The van der Waals surface area contributed by atoms with Gasteiger partial charge in [0.2, 0.25) is 11.8 Å². The minimum atomic E-state index is -0.892. The lowest BCUT2D eigenvalue weighted by Gasteiger charge is -2.25. The van der Waals surface area contributed by atoms with Crippen molar-refractivity contribution >= 4 is 23.3 Å². The van der Waals surface area contributed by atoms with Gasteiger partial charge < -0.3 is 10.2 Å². The van der Waals surface area contributed by atoms with Crippen LogP contribution in [0.25, 0.3) is 0 Å². The Bertz CT molecular complexity index is 656. The molecule has 24 heavy (non-hydrogen) atoms. The summed E-state index contributed by atoms with van der Waals surface area (Å²) in [4.78, 5) is 38.9. The Morgan fingerprint density at radius 2 is 1.71 bits per heavy atom. The SMILES string of the molecule is CC(=O)c1cccc(NC(=O)C2(C(=O)N3CCCCCC3)CC2)c1. The van der Waals surface area contributed by atoms with Gasteiger partial charge in [-0.3, -0.25) is 14.4 Å². The van der Waals surface area contributed by atoms with E-state index in [2.05, 4.69) is 5.32 Å². The lowest BCUT2D eigenvalue weighted by atomic mass is 10.0. The van der Waals surface area contributed by atoms with Crippen molar-refractivity contribution in [1.82, 2.24) is 4.90 Å². The minimum Gasteiger partial charge on any atom is -0.342 e. The fraction of sp³-hybridized carbons (Fsp3) is 0.526. The number of nitrogens with zero attached hydrogens (tertiary/aromatic N) is 1. The summed E-state index contributed by atoms with van der Waals surface area (Å²) in [5.74, 6) is -0.310. The first-order valence-electron chi connectivity index (χ1n) is 8.75. The summed E-state index contributed by atoms with van der Waals surface area (Å²) >= 11 is 0. The molecule has 0 radical (unpaired) electrons. The number of ketones is 1. The zero-order valence-corrected chi connectivity index (χ0v) is 14.1. The van der Waals surface area contributed by atoms with Crippen molar-refractivity contribution in [1.29, 1.82) is 0 Å². The van der Waals surface area contributed by atoms with Crippen molar-refractivity contribution in [2.75, 3.05) is 18.4 Å². The lowest BCUT2D eigenvalue weighted by Crippen LogP contribution is -2.43. The fourth-order valence-electron chi connectivity index (χ4n) is 3.31. The van der Waals surface area contributed by atoms with Gasteiger partial charge in [-0.1, -0.05) is 25.0 Å². The summed E-state index contributed by atoms with van der Waals surface area (Å²) in [7, 11) is 0. The van der Waals surface area contributed by atoms with E-state index in [1.165, 1.54) is 6.92 Å². The third-order valence-corrected chi connectivity index (χ3v) is 5.01. The van der Waals surface area contributed by atoms with E-state index in [1.54, 1.807) is 24.3 Å². The molecule has 3 rings (SSSR count). The summed E-state index contributed by atoms with van der Waals surface area (Å²) in [5, 5.41) is 2.84. The van der Waals surface area contributed by atoms with Gasteiger partial charge >= 0.3 is 0 Å². The summed E-state index contributed by atoms with van der Waals surface area (Å²) in [5.41, 5.74) is 0.232. The van der Waals surface area contributed by atoms with Gasteiger partial charge in [0.25, 0.3) is 0 Å². The highest BCUT2D eigenvalue weighted by Gasteiger charge is 2.57. The topological polar surface area (TPSA) is 66.5 Å². The number of anilines is 1. The Balaban J connectivity index is 1.70. The molecule has 1 heterocycles. The predicted molar refractivity (Wildman–Crippen MR) is 91.8 cm³/mol. The van der Waals surface area contributed by atoms with Crippen LogP contribution in [0.1, 0.15) is 55.8 Å². The number of amides is 2. The van der Waals surface area contributed by atoms with Crippen LogP contribution in [0.4, 0.5) is 5.69 Å². The van der Waals surface area contributed by atoms with Crippen LogP contribution in [0.5, 0.6) is 0 Å². The van der Waals surface area contributed by atoms with Crippen LogP contribution in [-0.4, -0.2) is 35.6 Å². The maximum atomic E-state index is 12.9. The summed E-state index contributed by atoms with van der Waals surface area (Å²) < 4.78 is 0. The Morgan fingerprint density at radius 3 is 2.29 bits per heavy atom. The van der Waals surface area contributed by atoms with E-state index < -0.39 is 5.41 Å². The van der Waals surface area contributed by atoms with E-state index in [0.717, 1.165) is 38.8 Å². The molecule has 0 spiro atoms. The number of hydrogen-bond acceptors (Lipinski definition) is 3. The van der Waals surface area contributed by atoms with Crippen LogP contribution in [0, 0.1) is 5.41 Å². The first-order valence-corrected chi connectivity index (χ1v) is 8.75. The van der Waals surface area contributed by atoms with Gasteiger partial charge in [0, 0.05) is 24.3 Å². The third kappa shape index (κ3) is 3.35. The molecule has 1 aromatic carbocycles. The molecule has 2 amide bonds. The monoisotopic (exact) mass is 328 g/mol. The van der Waals surface area contributed by atoms with Crippen molar-refractivity contribution in [3.05, 3.63) is 29.8 Å². The number of nitrogens with one attached hydrogen (secondary N) is 1. The van der Waals surface area contributed by atoms with Crippen LogP contribution in [0.3, 0.4) is 0 Å². The average Bonchev–Trinajstić information content (AvgIpc) is 3.39. The molecule has 0 aromatic heterocycles. The van der Waals surface area contributed by atoms with Gasteiger partial charge in [-0.2, -0.15) is 0 Å². The van der Waals surface area contributed by atoms with Gasteiger partial charge in [0.15, 0.2) is 5.78 Å². The number of carbonyl (C=O) groups is 3. The molecule has 1 saturated heterocycles. The average molecular weight is 328 g/mol. The third-order valence-electron chi connectivity index (χ3n) is 5.01. The molecule has 1 aromatic rings.